The van der Waals surface area contributed by atoms with Crippen molar-refractivity contribution in [2.45, 2.75) is 57.4 Å². The molecule has 17 heavy (non-hydrogen) atoms. The highest BCUT2D eigenvalue weighted by atomic mass is 32.2. The number of nitrogens with one attached hydrogen (secondary N) is 1. The minimum absolute atomic E-state index is 0.221. The molecule has 0 aromatic carbocycles. The summed E-state index contributed by atoms with van der Waals surface area (Å²) in [6.45, 7) is 7.10. The molecular formula is C12H25NO3S. The normalized spacial score (nSPS) is 24.8. The highest BCUT2D eigenvalue weighted by Gasteiger charge is 2.23. The van der Waals surface area contributed by atoms with Crippen LogP contribution in [0.3, 0.4) is 0 Å². The summed E-state index contributed by atoms with van der Waals surface area (Å²) >= 11 is 0. The van der Waals surface area contributed by atoms with Crippen molar-refractivity contribution < 1.29 is 13.2 Å². The molecule has 102 valence electrons. The van der Waals surface area contributed by atoms with Crippen LogP contribution in [0.1, 0.15) is 40.0 Å². The van der Waals surface area contributed by atoms with E-state index in [2.05, 4.69) is 12.2 Å². The van der Waals surface area contributed by atoms with Crippen molar-refractivity contribution in [1.82, 2.24) is 5.32 Å². The van der Waals surface area contributed by atoms with Crippen LogP contribution in [0.4, 0.5) is 0 Å². The molecule has 1 saturated heterocycles. The Bertz CT molecular complexity index is 310. The highest BCUT2D eigenvalue weighted by molar-refractivity contribution is 7.92. The van der Waals surface area contributed by atoms with Gasteiger partial charge in [-0.1, -0.05) is 6.92 Å². The van der Waals surface area contributed by atoms with Crippen LogP contribution in [0.5, 0.6) is 0 Å². The van der Waals surface area contributed by atoms with Gasteiger partial charge in [-0.05, 0) is 33.1 Å². The van der Waals surface area contributed by atoms with Crippen LogP contribution in [-0.2, 0) is 14.6 Å². The Hall–Kier alpha value is -0.130. The van der Waals surface area contributed by atoms with E-state index in [0.717, 1.165) is 19.4 Å². The summed E-state index contributed by atoms with van der Waals surface area (Å²) < 4.78 is 29.1. The van der Waals surface area contributed by atoms with Gasteiger partial charge in [0.05, 0.1) is 17.1 Å². The Morgan fingerprint density at radius 3 is 2.65 bits per heavy atom. The van der Waals surface area contributed by atoms with E-state index in [1.807, 2.05) is 6.92 Å². The molecule has 1 fully saturated rings. The van der Waals surface area contributed by atoms with Crippen LogP contribution in [0, 0.1) is 0 Å². The van der Waals surface area contributed by atoms with Crippen LogP contribution in [0.2, 0.25) is 0 Å². The van der Waals surface area contributed by atoms with Crippen molar-refractivity contribution >= 4 is 9.84 Å². The minimum atomic E-state index is -2.93. The lowest BCUT2D eigenvalue weighted by molar-refractivity contribution is 0.0844. The van der Waals surface area contributed by atoms with Crippen molar-refractivity contribution in [3.05, 3.63) is 0 Å². The lowest BCUT2D eigenvalue weighted by atomic mass is 10.1. The third-order valence-electron chi connectivity index (χ3n) is 3.56. The van der Waals surface area contributed by atoms with Crippen molar-refractivity contribution in [1.29, 1.82) is 0 Å². The quantitative estimate of drug-likeness (QED) is 0.753. The molecule has 0 bridgehead atoms. The Balaban J connectivity index is 2.27. The van der Waals surface area contributed by atoms with E-state index in [1.165, 1.54) is 0 Å². The van der Waals surface area contributed by atoms with Crippen molar-refractivity contribution in [2.75, 3.05) is 18.9 Å². The first-order valence-corrected chi connectivity index (χ1v) is 8.25. The second-order valence-electron chi connectivity index (χ2n) is 4.88. The van der Waals surface area contributed by atoms with Crippen molar-refractivity contribution in [2.24, 2.45) is 0 Å². The maximum atomic E-state index is 11.8. The van der Waals surface area contributed by atoms with Gasteiger partial charge in [0.2, 0.25) is 0 Å². The average Bonchev–Trinajstić information content (AvgIpc) is 2.80. The molecule has 1 rings (SSSR count). The zero-order valence-corrected chi connectivity index (χ0v) is 11.9. The second-order valence-corrected chi connectivity index (χ2v) is 7.42. The molecule has 0 spiro atoms. The van der Waals surface area contributed by atoms with Gasteiger partial charge in [0.15, 0.2) is 9.84 Å². The molecule has 1 aliphatic rings. The number of hydrogen-bond donors (Lipinski definition) is 1. The van der Waals surface area contributed by atoms with Gasteiger partial charge in [-0.3, -0.25) is 0 Å². The SMILES string of the molecule is CCC(C)S(=O)(=O)CCNC(C)C1CCCO1. The number of ether oxygens (including phenoxy) is 1. The average molecular weight is 263 g/mol. The molecule has 1 N–H and O–H groups in total. The Kier molecular flexibility index (Phi) is 5.89. The third kappa shape index (κ3) is 4.56. The zero-order chi connectivity index (χ0) is 12.9. The molecular weight excluding hydrogens is 238 g/mol. The molecule has 0 radical (unpaired) electrons. The molecule has 0 aliphatic carbocycles. The molecule has 0 amide bonds. The largest absolute Gasteiger partial charge is 0.377 e. The molecule has 4 nitrogen and oxygen atoms in total. The summed E-state index contributed by atoms with van der Waals surface area (Å²) in [5.74, 6) is 0.221. The molecule has 1 heterocycles. The van der Waals surface area contributed by atoms with Crippen molar-refractivity contribution in [3.8, 4) is 0 Å². The Morgan fingerprint density at radius 2 is 2.12 bits per heavy atom. The van der Waals surface area contributed by atoms with Crippen LogP contribution < -0.4 is 5.32 Å². The lowest BCUT2D eigenvalue weighted by Gasteiger charge is -2.20. The highest BCUT2D eigenvalue weighted by Crippen LogP contribution is 2.15. The van der Waals surface area contributed by atoms with E-state index in [1.54, 1.807) is 6.92 Å². The van der Waals surface area contributed by atoms with Crippen LogP contribution >= 0.6 is 0 Å². The van der Waals surface area contributed by atoms with E-state index in [4.69, 9.17) is 4.74 Å². The molecule has 5 heteroatoms. The van der Waals surface area contributed by atoms with Gasteiger partial charge in [0, 0.05) is 19.2 Å². The summed E-state index contributed by atoms with van der Waals surface area (Å²) in [5.41, 5.74) is 0. The Labute approximate surface area is 105 Å². The van der Waals surface area contributed by atoms with Crippen molar-refractivity contribution in [3.63, 3.8) is 0 Å². The molecule has 0 aromatic rings. The first-order valence-electron chi connectivity index (χ1n) is 6.54. The van der Waals surface area contributed by atoms with Gasteiger partial charge in [-0.25, -0.2) is 8.42 Å². The summed E-state index contributed by atoms with van der Waals surface area (Å²) in [4.78, 5) is 0. The zero-order valence-electron chi connectivity index (χ0n) is 11.1. The van der Waals surface area contributed by atoms with E-state index in [0.29, 0.717) is 13.0 Å². The number of sulfone groups is 1. The summed E-state index contributed by atoms with van der Waals surface area (Å²) in [7, 11) is -2.93. The number of rotatable bonds is 7. The van der Waals surface area contributed by atoms with Crippen LogP contribution in [-0.4, -0.2) is 44.7 Å². The first-order chi connectivity index (χ1) is 7.97. The molecule has 0 aromatic heterocycles. The predicted molar refractivity (Wildman–Crippen MR) is 70.0 cm³/mol. The van der Waals surface area contributed by atoms with Gasteiger partial charge < -0.3 is 10.1 Å². The first kappa shape index (κ1) is 14.9. The molecule has 1 aliphatic heterocycles. The fraction of sp³-hybridized carbons (Fsp3) is 1.00. The summed E-state index contributed by atoms with van der Waals surface area (Å²) in [6, 6.07) is 0.240. The van der Waals surface area contributed by atoms with Crippen LogP contribution in [0.25, 0.3) is 0 Å². The van der Waals surface area contributed by atoms with E-state index < -0.39 is 9.84 Å². The van der Waals surface area contributed by atoms with Gasteiger partial charge in [0.1, 0.15) is 0 Å². The van der Waals surface area contributed by atoms with Gasteiger partial charge in [-0.15, -0.1) is 0 Å². The maximum absolute atomic E-state index is 11.8. The van der Waals surface area contributed by atoms with E-state index in [9.17, 15) is 8.42 Å². The summed E-state index contributed by atoms with van der Waals surface area (Å²) in [6.07, 6.45) is 3.12. The second kappa shape index (κ2) is 6.71. The third-order valence-corrected chi connectivity index (χ3v) is 5.90. The van der Waals surface area contributed by atoms with Gasteiger partial charge >= 0.3 is 0 Å². The molecule has 0 saturated carbocycles. The van der Waals surface area contributed by atoms with E-state index >= 15 is 0 Å². The maximum Gasteiger partial charge on any atom is 0.154 e. The minimum Gasteiger partial charge on any atom is -0.377 e. The molecule has 3 atom stereocenters. The standard InChI is InChI=1S/C12H25NO3S/c1-4-10(2)17(14,15)9-7-13-11(3)12-6-5-8-16-12/h10-13H,4-9H2,1-3H3. The predicted octanol–water partition coefficient (Wildman–Crippen LogP) is 1.36. The number of hydrogen-bond acceptors (Lipinski definition) is 4. The molecule has 3 unspecified atom stereocenters. The van der Waals surface area contributed by atoms with E-state index in [-0.39, 0.29) is 23.1 Å². The van der Waals surface area contributed by atoms with Crippen LogP contribution in [0.15, 0.2) is 0 Å². The Morgan fingerprint density at radius 1 is 1.41 bits per heavy atom. The monoisotopic (exact) mass is 263 g/mol. The lowest BCUT2D eigenvalue weighted by Crippen LogP contribution is -2.40. The fourth-order valence-corrected chi connectivity index (χ4v) is 3.32. The van der Waals surface area contributed by atoms with Gasteiger partial charge in [-0.2, -0.15) is 0 Å². The summed E-state index contributed by atoms with van der Waals surface area (Å²) in [5, 5.41) is 3.02. The smallest absolute Gasteiger partial charge is 0.154 e. The topological polar surface area (TPSA) is 55.4 Å². The fourth-order valence-electron chi connectivity index (χ4n) is 2.01. The van der Waals surface area contributed by atoms with Gasteiger partial charge in [0.25, 0.3) is 0 Å².